The minimum atomic E-state index is -3.00. The summed E-state index contributed by atoms with van der Waals surface area (Å²) in [6.45, 7) is 2.54. The number of urea groups is 1. The number of nitrogens with one attached hydrogen (secondary N) is 1. The van der Waals surface area contributed by atoms with Gasteiger partial charge in [0.2, 0.25) is 0 Å². The monoisotopic (exact) mass is 328 g/mol. The van der Waals surface area contributed by atoms with Crippen LogP contribution in [0.3, 0.4) is 0 Å². The molecule has 0 bridgehead atoms. The molecule has 2 heterocycles. The Kier molecular flexibility index (Phi) is 5.10. The summed E-state index contributed by atoms with van der Waals surface area (Å²) in [5.41, 5.74) is 1.04. The molecule has 0 aromatic carbocycles. The van der Waals surface area contributed by atoms with E-state index in [-0.39, 0.29) is 23.9 Å². The van der Waals surface area contributed by atoms with Gasteiger partial charge >= 0.3 is 6.03 Å². The van der Waals surface area contributed by atoms with Crippen LogP contribution in [0.4, 0.5) is 4.79 Å². The van der Waals surface area contributed by atoms with E-state index in [1.54, 1.807) is 10.9 Å². The first-order chi connectivity index (χ1) is 10.3. The van der Waals surface area contributed by atoms with Gasteiger partial charge in [-0.2, -0.15) is 5.10 Å². The zero-order chi connectivity index (χ0) is 16.3. The number of likely N-dealkylation sites (tertiary alicyclic amines) is 1. The minimum absolute atomic E-state index is 0.0517. The maximum atomic E-state index is 12.4. The summed E-state index contributed by atoms with van der Waals surface area (Å²) >= 11 is 0. The summed E-state index contributed by atoms with van der Waals surface area (Å²) in [6.07, 6.45) is 7.25. The van der Waals surface area contributed by atoms with Crippen molar-refractivity contribution in [3.05, 3.63) is 18.0 Å². The molecular weight excluding hydrogens is 304 g/mol. The van der Waals surface area contributed by atoms with Crippen molar-refractivity contribution in [2.24, 2.45) is 7.05 Å². The van der Waals surface area contributed by atoms with Crippen molar-refractivity contribution in [1.29, 1.82) is 0 Å². The van der Waals surface area contributed by atoms with Crippen LogP contribution < -0.4 is 5.32 Å². The molecule has 0 aliphatic carbocycles. The molecule has 1 aliphatic rings. The van der Waals surface area contributed by atoms with Crippen molar-refractivity contribution in [1.82, 2.24) is 20.0 Å². The number of nitrogens with zero attached hydrogens (tertiary/aromatic N) is 3. The minimum Gasteiger partial charge on any atom is -0.335 e. The van der Waals surface area contributed by atoms with Crippen LogP contribution in [0.1, 0.15) is 37.8 Å². The first-order valence-corrected chi connectivity index (χ1v) is 9.56. The van der Waals surface area contributed by atoms with E-state index >= 15 is 0 Å². The molecule has 2 atom stereocenters. The van der Waals surface area contributed by atoms with E-state index in [1.165, 1.54) is 6.26 Å². The van der Waals surface area contributed by atoms with Gasteiger partial charge in [0.15, 0.2) is 0 Å². The number of amides is 2. The summed E-state index contributed by atoms with van der Waals surface area (Å²) in [6, 6.07) is -0.250. The first kappa shape index (κ1) is 16.8. The van der Waals surface area contributed by atoms with Crippen LogP contribution in [0, 0.1) is 0 Å². The number of rotatable bonds is 5. The van der Waals surface area contributed by atoms with Gasteiger partial charge in [0.1, 0.15) is 9.84 Å². The van der Waals surface area contributed by atoms with Gasteiger partial charge in [0, 0.05) is 37.7 Å². The quantitative estimate of drug-likeness (QED) is 0.877. The van der Waals surface area contributed by atoms with Crippen LogP contribution in [0.25, 0.3) is 0 Å². The molecule has 0 radical (unpaired) electrons. The Balaban J connectivity index is 1.93. The molecular formula is C14H24N4O3S. The van der Waals surface area contributed by atoms with Gasteiger partial charge in [-0.15, -0.1) is 0 Å². The van der Waals surface area contributed by atoms with E-state index in [1.807, 2.05) is 25.1 Å². The molecule has 1 fully saturated rings. The van der Waals surface area contributed by atoms with Crippen molar-refractivity contribution in [3.8, 4) is 0 Å². The highest BCUT2D eigenvalue weighted by atomic mass is 32.2. The number of hydrogen-bond donors (Lipinski definition) is 1. The number of sulfone groups is 1. The van der Waals surface area contributed by atoms with Crippen molar-refractivity contribution in [2.45, 2.75) is 38.3 Å². The average Bonchev–Trinajstić information content (AvgIpc) is 3.03. The fraction of sp³-hybridized carbons (Fsp3) is 0.714. The number of carbonyl (C=O) groups excluding carboxylic acids is 1. The Morgan fingerprint density at radius 3 is 2.86 bits per heavy atom. The Bertz CT molecular complexity index is 626. The number of aryl methyl sites for hydroxylation is 1. The van der Waals surface area contributed by atoms with E-state index in [0.717, 1.165) is 18.4 Å². The Labute approximate surface area is 131 Å². The molecule has 1 aliphatic heterocycles. The van der Waals surface area contributed by atoms with Gasteiger partial charge in [-0.1, -0.05) is 0 Å². The van der Waals surface area contributed by atoms with Crippen LogP contribution in [0.15, 0.2) is 12.4 Å². The SMILES string of the molecule is C[C@@H](CCS(C)(=O)=O)NC(=O)N1CCC[C@H]1c1cnn(C)c1. The van der Waals surface area contributed by atoms with Crippen molar-refractivity contribution >= 4 is 15.9 Å². The molecule has 22 heavy (non-hydrogen) atoms. The lowest BCUT2D eigenvalue weighted by molar-refractivity contribution is 0.189. The molecule has 1 aromatic heterocycles. The average molecular weight is 328 g/mol. The third-order valence-corrected chi connectivity index (χ3v) is 4.89. The number of carbonyl (C=O) groups is 1. The summed E-state index contributed by atoms with van der Waals surface area (Å²) < 4.78 is 24.1. The second-order valence-corrected chi connectivity index (χ2v) is 8.33. The van der Waals surface area contributed by atoms with Crippen LogP contribution in [-0.2, 0) is 16.9 Å². The summed E-state index contributed by atoms with van der Waals surface area (Å²) in [5, 5.41) is 7.06. The van der Waals surface area contributed by atoms with E-state index in [4.69, 9.17) is 0 Å². The number of aromatic nitrogens is 2. The lowest BCUT2D eigenvalue weighted by atomic mass is 10.1. The molecule has 0 spiro atoms. The van der Waals surface area contributed by atoms with Gasteiger partial charge in [0.25, 0.3) is 0 Å². The smallest absolute Gasteiger partial charge is 0.318 e. The van der Waals surface area contributed by atoms with E-state index in [0.29, 0.717) is 13.0 Å². The van der Waals surface area contributed by atoms with Crippen molar-refractivity contribution < 1.29 is 13.2 Å². The maximum absolute atomic E-state index is 12.4. The third-order valence-electron chi connectivity index (χ3n) is 3.91. The standard InChI is InChI=1S/C14H24N4O3S/c1-11(6-8-22(3,20)21)16-14(19)18-7-4-5-13(18)12-9-15-17(2)10-12/h9-11,13H,4-8H2,1-3H3,(H,16,19)/t11-,13-/m0/s1. The highest BCUT2D eigenvalue weighted by Gasteiger charge is 2.31. The van der Waals surface area contributed by atoms with Crippen LogP contribution in [0.2, 0.25) is 0 Å². The fourth-order valence-electron chi connectivity index (χ4n) is 2.73. The molecule has 124 valence electrons. The largest absolute Gasteiger partial charge is 0.335 e. The molecule has 2 amide bonds. The third kappa shape index (κ3) is 4.46. The van der Waals surface area contributed by atoms with E-state index in [9.17, 15) is 13.2 Å². The normalized spacial score (nSPS) is 20.1. The predicted molar refractivity (Wildman–Crippen MR) is 84.2 cm³/mol. The molecule has 0 unspecified atom stereocenters. The van der Waals surface area contributed by atoms with E-state index in [2.05, 4.69) is 10.4 Å². The second kappa shape index (κ2) is 6.68. The van der Waals surface area contributed by atoms with Gasteiger partial charge in [0.05, 0.1) is 18.0 Å². The molecule has 1 aromatic rings. The zero-order valence-electron chi connectivity index (χ0n) is 13.3. The number of hydrogen-bond acceptors (Lipinski definition) is 4. The van der Waals surface area contributed by atoms with Gasteiger partial charge in [-0.3, -0.25) is 4.68 Å². The molecule has 1 saturated heterocycles. The fourth-order valence-corrected chi connectivity index (χ4v) is 3.51. The van der Waals surface area contributed by atoms with Crippen LogP contribution >= 0.6 is 0 Å². The first-order valence-electron chi connectivity index (χ1n) is 7.49. The van der Waals surface area contributed by atoms with Crippen LogP contribution in [-0.4, -0.2) is 53.7 Å². The van der Waals surface area contributed by atoms with Gasteiger partial charge < -0.3 is 10.2 Å². The Hall–Kier alpha value is -1.57. The van der Waals surface area contributed by atoms with Gasteiger partial charge in [-0.25, -0.2) is 13.2 Å². The lowest BCUT2D eigenvalue weighted by Crippen LogP contribution is -2.43. The molecule has 0 saturated carbocycles. The summed E-state index contributed by atoms with van der Waals surface area (Å²) in [7, 11) is -1.14. The summed E-state index contributed by atoms with van der Waals surface area (Å²) in [5.74, 6) is 0.0838. The predicted octanol–water partition coefficient (Wildman–Crippen LogP) is 1.09. The molecule has 1 N–H and O–H groups in total. The van der Waals surface area contributed by atoms with Crippen LogP contribution in [0.5, 0.6) is 0 Å². The zero-order valence-corrected chi connectivity index (χ0v) is 14.1. The maximum Gasteiger partial charge on any atom is 0.318 e. The second-order valence-electron chi connectivity index (χ2n) is 6.07. The van der Waals surface area contributed by atoms with Crippen molar-refractivity contribution in [3.63, 3.8) is 0 Å². The molecule has 8 heteroatoms. The molecule has 2 rings (SSSR count). The Morgan fingerprint density at radius 1 is 1.55 bits per heavy atom. The lowest BCUT2D eigenvalue weighted by Gasteiger charge is -2.26. The summed E-state index contributed by atoms with van der Waals surface area (Å²) in [4.78, 5) is 14.2. The van der Waals surface area contributed by atoms with Crippen molar-refractivity contribution in [2.75, 3.05) is 18.6 Å². The molecule has 7 nitrogen and oxygen atoms in total. The van der Waals surface area contributed by atoms with Gasteiger partial charge in [-0.05, 0) is 26.2 Å². The highest BCUT2D eigenvalue weighted by molar-refractivity contribution is 7.90. The topological polar surface area (TPSA) is 84.3 Å². The van der Waals surface area contributed by atoms with E-state index < -0.39 is 9.84 Å². The Morgan fingerprint density at radius 2 is 2.27 bits per heavy atom. The highest BCUT2D eigenvalue weighted by Crippen LogP contribution is 2.31.